The molecule has 0 N–H and O–H groups in total. The standard InChI is InChI=1S/C14H12F6O3/c1-23-11(22)12(13(15,16)17,14(18,19)20)8-7-10(21)9-5-3-2-4-6-9/h2-6H,7-8H2,1H3. The lowest BCUT2D eigenvalue weighted by atomic mass is 9.80. The Bertz CT molecular complexity index is 548. The molecule has 1 aromatic carbocycles. The fraction of sp³-hybridized carbons (Fsp3) is 0.429. The van der Waals surface area contributed by atoms with Crippen molar-refractivity contribution in [3.8, 4) is 0 Å². The molecule has 0 aliphatic rings. The van der Waals surface area contributed by atoms with Crippen LogP contribution in [-0.4, -0.2) is 31.2 Å². The maximum atomic E-state index is 13.0. The molecule has 0 heterocycles. The predicted octanol–water partition coefficient (Wildman–Crippen LogP) is 3.93. The molecular formula is C14H12F6O3. The van der Waals surface area contributed by atoms with Gasteiger partial charge in [-0.1, -0.05) is 30.3 Å². The van der Waals surface area contributed by atoms with Gasteiger partial charge in [0, 0.05) is 12.0 Å². The lowest BCUT2D eigenvalue weighted by molar-refractivity contribution is -0.333. The first kappa shape index (κ1) is 19.0. The topological polar surface area (TPSA) is 43.4 Å². The van der Waals surface area contributed by atoms with E-state index < -0.39 is 42.4 Å². The van der Waals surface area contributed by atoms with Gasteiger partial charge in [0.15, 0.2) is 5.78 Å². The van der Waals surface area contributed by atoms with Gasteiger partial charge in [-0.15, -0.1) is 0 Å². The van der Waals surface area contributed by atoms with Crippen molar-refractivity contribution in [3.05, 3.63) is 35.9 Å². The average molecular weight is 342 g/mol. The minimum absolute atomic E-state index is 0.0457. The Kier molecular flexibility index (Phi) is 5.44. The zero-order chi connectivity index (χ0) is 17.9. The molecule has 0 aliphatic carbocycles. The largest absolute Gasteiger partial charge is 0.468 e. The second kappa shape index (κ2) is 6.59. The number of ether oxygens (including phenoxy) is 1. The predicted molar refractivity (Wildman–Crippen MR) is 66.6 cm³/mol. The van der Waals surface area contributed by atoms with E-state index in [-0.39, 0.29) is 5.56 Å². The number of Topliss-reactive ketones (excluding diaryl/α,β-unsaturated/α-hetero) is 1. The van der Waals surface area contributed by atoms with Gasteiger partial charge in [0.1, 0.15) is 0 Å². The van der Waals surface area contributed by atoms with E-state index in [2.05, 4.69) is 4.74 Å². The van der Waals surface area contributed by atoms with Gasteiger partial charge >= 0.3 is 18.3 Å². The summed E-state index contributed by atoms with van der Waals surface area (Å²) in [6.07, 6.45) is -14.8. The summed E-state index contributed by atoms with van der Waals surface area (Å²) < 4.78 is 81.9. The molecule has 0 atom stereocenters. The molecule has 0 fully saturated rings. The van der Waals surface area contributed by atoms with E-state index in [1.165, 1.54) is 30.3 Å². The molecule has 23 heavy (non-hydrogen) atoms. The number of alkyl halides is 6. The van der Waals surface area contributed by atoms with Gasteiger partial charge in [-0.3, -0.25) is 9.59 Å². The summed E-state index contributed by atoms with van der Waals surface area (Å²) >= 11 is 0. The lowest BCUT2D eigenvalue weighted by Gasteiger charge is -2.34. The number of carbonyl (C=O) groups is 2. The van der Waals surface area contributed by atoms with Crippen LogP contribution in [0.2, 0.25) is 0 Å². The highest BCUT2D eigenvalue weighted by Crippen LogP contribution is 2.54. The van der Waals surface area contributed by atoms with Crippen molar-refractivity contribution < 1.29 is 40.7 Å². The van der Waals surface area contributed by atoms with Crippen LogP contribution in [0.5, 0.6) is 0 Å². The number of hydrogen-bond acceptors (Lipinski definition) is 3. The molecule has 1 aromatic rings. The highest BCUT2D eigenvalue weighted by molar-refractivity contribution is 5.96. The SMILES string of the molecule is COC(=O)C(CCC(=O)c1ccccc1)(C(F)(F)F)C(F)(F)F. The first-order valence-electron chi connectivity index (χ1n) is 6.27. The monoisotopic (exact) mass is 342 g/mol. The normalized spacial score (nSPS) is 12.8. The lowest BCUT2D eigenvalue weighted by Crippen LogP contribution is -2.56. The van der Waals surface area contributed by atoms with E-state index in [4.69, 9.17) is 0 Å². The fourth-order valence-corrected chi connectivity index (χ4v) is 2.02. The van der Waals surface area contributed by atoms with Crippen LogP contribution in [0.3, 0.4) is 0 Å². The number of halogens is 6. The second-order valence-electron chi connectivity index (χ2n) is 4.68. The Hall–Kier alpha value is -2.06. The number of esters is 1. The smallest absolute Gasteiger partial charge is 0.413 e. The van der Waals surface area contributed by atoms with Crippen molar-refractivity contribution >= 4 is 11.8 Å². The highest BCUT2D eigenvalue weighted by atomic mass is 19.4. The molecule has 0 saturated heterocycles. The van der Waals surface area contributed by atoms with E-state index in [9.17, 15) is 35.9 Å². The van der Waals surface area contributed by atoms with E-state index in [1.54, 1.807) is 0 Å². The van der Waals surface area contributed by atoms with Gasteiger partial charge in [0.05, 0.1) is 7.11 Å². The highest BCUT2D eigenvalue weighted by Gasteiger charge is 2.76. The Balaban J connectivity index is 3.17. The third kappa shape index (κ3) is 3.65. The summed E-state index contributed by atoms with van der Waals surface area (Å²) in [6.45, 7) is 0. The zero-order valence-electron chi connectivity index (χ0n) is 11.8. The van der Waals surface area contributed by atoms with Crippen molar-refractivity contribution in [2.24, 2.45) is 5.41 Å². The van der Waals surface area contributed by atoms with E-state index in [0.717, 1.165) is 0 Å². The Labute approximate surface area is 127 Å². The molecule has 0 aromatic heterocycles. The molecule has 0 unspecified atom stereocenters. The summed E-state index contributed by atoms with van der Waals surface area (Å²) in [4.78, 5) is 23.1. The third-order valence-corrected chi connectivity index (χ3v) is 3.32. The van der Waals surface area contributed by atoms with Gasteiger partial charge in [-0.2, -0.15) is 26.3 Å². The summed E-state index contributed by atoms with van der Waals surface area (Å²) in [5.74, 6) is -3.43. The molecule has 0 bridgehead atoms. The first-order chi connectivity index (χ1) is 10.5. The summed E-state index contributed by atoms with van der Waals surface area (Å²) in [6, 6.07) is 6.86. The molecule has 1 rings (SSSR count). The molecule has 0 saturated carbocycles. The molecule has 3 nitrogen and oxygen atoms in total. The van der Waals surface area contributed by atoms with Crippen LogP contribution >= 0.6 is 0 Å². The number of hydrogen-bond donors (Lipinski definition) is 0. The average Bonchev–Trinajstić information content (AvgIpc) is 2.45. The van der Waals surface area contributed by atoms with Gasteiger partial charge in [-0.05, 0) is 6.42 Å². The Morgan fingerprint density at radius 3 is 1.83 bits per heavy atom. The molecule has 0 radical (unpaired) electrons. The van der Waals surface area contributed by atoms with Crippen molar-refractivity contribution in [1.29, 1.82) is 0 Å². The zero-order valence-corrected chi connectivity index (χ0v) is 11.8. The number of benzene rings is 1. The van der Waals surface area contributed by atoms with Crippen LogP contribution in [0.25, 0.3) is 0 Å². The Morgan fingerprint density at radius 2 is 1.43 bits per heavy atom. The molecule has 0 amide bonds. The maximum absolute atomic E-state index is 13.0. The molecule has 0 aliphatic heterocycles. The summed E-state index contributed by atoms with van der Waals surface area (Å²) in [7, 11) is 0.424. The van der Waals surface area contributed by atoms with Crippen LogP contribution in [-0.2, 0) is 9.53 Å². The molecule has 9 heteroatoms. The fourth-order valence-electron chi connectivity index (χ4n) is 2.02. The third-order valence-electron chi connectivity index (χ3n) is 3.32. The second-order valence-corrected chi connectivity index (χ2v) is 4.68. The van der Waals surface area contributed by atoms with E-state index in [1.807, 2.05) is 0 Å². The first-order valence-corrected chi connectivity index (χ1v) is 6.27. The van der Waals surface area contributed by atoms with Crippen LogP contribution in [0.4, 0.5) is 26.3 Å². The van der Waals surface area contributed by atoms with Gasteiger partial charge < -0.3 is 4.74 Å². The van der Waals surface area contributed by atoms with Crippen molar-refractivity contribution in [2.45, 2.75) is 25.2 Å². The number of ketones is 1. The number of carbonyl (C=O) groups excluding carboxylic acids is 2. The van der Waals surface area contributed by atoms with Crippen LogP contribution in [0.15, 0.2) is 30.3 Å². The minimum Gasteiger partial charge on any atom is -0.468 e. The molecule has 0 spiro atoms. The van der Waals surface area contributed by atoms with Gasteiger partial charge in [-0.25, -0.2) is 0 Å². The maximum Gasteiger partial charge on any atom is 0.413 e. The van der Waals surface area contributed by atoms with Gasteiger partial charge in [0.2, 0.25) is 0 Å². The number of methoxy groups -OCH3 is 1. The minimum atomic E-state index is -5.95. The van der Waals surface area contributed by atoms with Crippen molar-refractivity contribution in [3.63, 3.8) is 0 Å². The van der Waals surface area contributed by atoms with Crippen molar-refractivity contribution in [2.75, 3.05) is 7.11 Å². The van der Waals surface area contributed by atoms with Crippen molar-refractivity contribution in [1.82, 2.24) is 0 Å². The quantitative estimate of drug-likeness (QED) is 0.463. The molecule has 128 valence electrons. The van der Waals surface area contributed by atoms with Crippen LogP contribution < -0.4 is 0 Å². The van der Waals surface area contributed by atoms with E-state index in [0.29, 0.717) is 7.11 Å². The van der Waals surface area contributed by atoms with E-state index >= 15 is 0 Å². The summed E-state index contributed by atoms with van der Waals surface area (Å²) in [5.41, 5.74) is -4.78. The Morgan fingerprint density at radius 1 is 0.957 bits per heavy atom. The van der Waals surface area contributed by atoms with Crippen LogP contribution in [0, 0.1) is 5.41 Å². The van der Waals surface area contributed by atoms with Gasteiger partial charge in [0.25, 0.3) is 5.41 Å². The molecular weight excluding hydrogens is 330 g/mol. The van der Waals surface area contributed by atoms with Crippen LogP contribution in [0.1, 0.15) is 23.2 Å². The number of rotatable bonds is 5. The summed E-state index contributed by atoms with van der Waals surface area (Å²) in [5, 5.41) is 0.